The molecule has 1 aromatic heterocycles. The van der Waals surface area contributed by atoms with Gasteiger partial charge in [0, 0.05) is 25.0 Å². The highest BCUT2D eigenvalue weighted by molar-refractivity contribution is 5.11. The van der Waals surface area contributed by atoms with Gasteiger partial charge in [0.2, 0.25) is 0 Å². The molecule has 1 atom stereocenters. The van der Waals surface area contributed by atoms with Gasteiger partial charge in [-0.2, -0.15) is 0 Å². The van der Waals surface area contributed by atoms with Gasteiger partial charge in [0.05, 0.1) is 6.61 Å². The zero-order valence-electron chi connectivity index (χ0n) is 7.94. The van der Waals surface area contributed by atoms with Crippen LogP contribution in [0.15, 0.2) is 24.5 Å². The molecule has 0 spiro atoms. The van der Waals surface area contributed by atoms with E-state index in [9.17, 15) is 0 Å². The fourth-order valence-corrected chi connectivity index (χ4v) is 1.15. The minimum Gasteiger partial charge on any atom is -0.380 e. The molecule has 3 nitrogen and oxygen atoms in total. The summed E-state index contributed by atoms with van der Waals surface area (Å²) in [5, 5.41) is 0. The van der Waals surface area contributed by atoms with Gasteiger partial charge in [0.25, 0.3) is 0 Å². The van der Waals surface area contributed by atoms with Crippen molar-refractivity contribution in [1.82, 2.24) is 4.98 Å². The van der Waals surface area contributed by atoms with E-state index in [4.69, 9.17) is 10.5 Å². The lowest BCUT2D eigenvalue weighted by Crippen LogP contribution is -2.28. The fourth-order valence-electron chi connectivity index (χ4n) is 1.15. The van der Waals surface area contributed by atoms with Crippen LogP contribution in [-0.4, -0.2) is 24.2 Å². The summed E-state index contributed by atoms with van der Waals surface area (Å²) in [5.41, 5.74) is 7.06. The van der Waals surface area contributed by atoms with Crippen LogP contribution in [0.4, 0.5) is 0 Å². The molecule has 13 heavy (non-hydrogen) atoms. The van der Waals surface area contributed by atoms with E-state index in [0.29, 0.717) is 6.61 Å². The summed E-state index contributed by atoms with van der Waals surface area (Å²) in [6, 6.07) is 4.04. The largest absolute Gasteiger partial charge is 0.380 e. The normalized spacial score (nSPS) is 12.8. The second kappa shape index (κ2) is 5.67. The number of rotatable bonds is 5. The van der Waals surface area contributed by atoms with Crippen LogP contribution in [0.2, 0.25) is 0 Å². The predicted molar refractivity (Wildman–Crippen MR) is 52.4 cm³/mol. The van der Waals surface area contributed by atoms with Gasteiger partial charge in [-0.25, -0.2) is 0 Å². The monoisotopic (exact) mass is 180 g/mol. The SMILES string of the molecule is CCOCC(N)Cc1ccncc1. The molecule has 0 aromatic carbocycles. The zero-order chi connectivity index (χ0) is 9.52. The fraction of sp³-hybridized carbons (Fsp3) is 0.500. The van der Waals surface area contributed by atoms with E-state index in [0.717, 1.165) is 13.0 Å². The summed E-state index contributed by atoms with van der Waals surface area (Å²) in [4.78, 5) is 3.94. The van der Waals surface area contributed by atoms with Crippen LogP contribution in [0.25, 0.3) is 0 Å². The number of hydrogen-bond donors (Lipinski definition) is 1. The third-order valence-corrected chi connectivity index (χ3v) is 1.78. The van der Waals surface area contributed by atoms with Crippen molar-refractivity contribution in [2.45, 2.75) is 19.4 Å². The molecule has 0 saturated heterocycles. The van der Waals surface area contributed by atoms with Crippen molar-refractivity contribution >= 4 is 0 Å². The second-order valence-electron chi connectivity index (χ2n) is 2.98. The van der Waals surface area contributed by atoms with Gasteiger partial charge in [-0.3, -0.25) is 4.98 Å². The molecule has 1 aromatic rings. The topological polar surface area (TPSA) is 48.1 Å². The summed E-state index contributed by atoms with van der Waals surface area (Å²) in [6.07, 6.45) is 4.41. The van der Waals surface area contributed by atoms with Crippen LogP contribution in [0.5, 0.6) is 0 Å². The first-order chi connectivity index (χ1) is 6.33. The van der Waals surface area contributed by atoms with Crippen LogP contribution in [0, 0.1) is 0 Å². The van der Waals surface area contributed by atoms with Crippen LogP contribution >= 0.6 is 0 Å². The molecule has 0 aliphatic rings. The van der Waals surface area contributed by atoms with Gasteiger partial charge in [0.15, 0.2) is 0 Å². The molecule has 1 unspecified atom stereocenters. The van der Waals surface area contributed by atoms with Crippen molar-refractivity contribution in [3.8, 4) is 0 Å². The summed E-state index contributed by atoms with van der Waals surface area (Å²) < 4.78 is 5.23. The Morgan fingerprint density at radius 1 is 1.46 bits per heavy atom. The third kappa shape index (κ3) is 4.01. The highest BCUT2D eigenvalue weighted by atomic mass is 16.5. The summed E-state index contributed by atoms with van der Waals surface area (Å²) in [7, 11) is 0. The number of pyridine rings is 1. The summed E-state index contributed by atoms with van der Waals surface area (Å²) in [6.45, 7) is 3.32. The maximum atomic E-state index is 5.85. The average molecular weight is 180 g/mol. The van der Waals surface area contributed by atoms with Crippen LogP contribution < -0.4 is 5.73 Å². The average Bonchev–Trinajstić information content (AvgIpc) is 2.16. The lowest BCUT2D eigenvalue weighted by atomic mass is 10.1. The zero-order valence-corrected chi connectivity index (χ0v) is 7.94. The standard InChI is InChI=1S/C10H16N2O/c1-2-13-8-10(11)7-9-3-5-12-6-4-9/h3-6,10H,2,7-8,11H2,1H3. The second-order valence-corrected chi connectivity index (χ2v) is 2.98. The van der Waals surface area contributed by atoms with Gasteiger partial charge < -0.3 is 10.5 Å². The van der Waals surface area contributed by atoms with E-state index >= 15 is 0 Å². The van der Waals surface area contributed by atoms with E-state index in [2.05, 4.69) is 4.98 Å². The summed E-state index contributed by atoms with van der Waals surface area (Å²) in [5.74, 6) is 0. The Kier molecular flexibility index (Phi) is 4.43. The number of nitrogens with two attached hydrogens (primary N) is 1. The van der Waals surface area contributed by atoms with Crippen molar-refractivity contribution < 1.29 is 4.74 Å². The van der Waals surface area contributed by atoms with E-state index < -0.39 is 0 Å². The van der Waals surface area contributed by atoms with E-state index in [1.165, 1.54) is 5.56 Å². The van der Waals surface area contributed by atoms with Crippen LogP contribution in [-0.2, 0) is 11.2 Å². The molecule has 0 radical (unpaired) electrons. The quantitative estimate of drug-likeness (QED) is 0.735. The van der Waals surface area contributed by atoms with Crippen LogP contribution in [0.1, 0.15) is 12.5 Å². The molecule has 1 rings (SSSR count). The first-order valence-electron chi connectivity index (χ1n) is 4.55. The van der Waals surface area contributed by atoms with Gasteiger partial charge >= 0.3 is 0 Å². The first kappa shape index (κ1) is 10.2. The minimum atomic E-state index is 0.0855. The first-order valence-corrected chi connectivity index (χ1v) is 4.55. The maximum Gasteiger partial charge on any atom is 0.0620 e. The molecule has 0 aliphatic heterocycles. The molecule has 0 aliphatic carbocycles. The smallest absolute Gasteiger partial charge is 0.0620 e. The van der Waals surface area contributed by atoms with Crippen molar-refractivity contribution in [1.29, 1.82) is 0 Å². The van der Waals surface area contributed by atoms with Crippen molar-refractivity contribution in [2.75, 3.05) is 13.2 Å². The van der Waals surface area contributed by atoms with Gasteiger partial charge in [-0.1, -0.05) is 0 Å². The van der Waals surface area contributed by atoms with Gasteiger partial charge in [-0.05, 0) is 31.0 Å². The maximum absolute atomic E-state index is 5.85. The number of ether oxygens (including phenoxy) is 1. The molecule has 2 N–H and O–H groups in total. The van der Waals surface area contributed by atoms with E-state index in [1.807, 2.05) is 19.1 Å². The molecule has 3 heteroatoms. The molecular formula is C10H16N2O. The molecule has 0 amide bonds. The Morgan fingerprint density at radius 3 is 2.77 bits per heavy atom. The minimum absolute atomic E-state index is 0.0855. The number of hydrogen-bond acceptors (Lipinski definition) is 3. The Bertz CT molecular complexity index is 226. The lowest BCUT2D eigenvalue weighted by molar-refractivity contribution is 0.133. The summed E-state index contributed by atoms with van der Waals surface area (Å²) >= 11 is 0. The van der Waals surface area contributed by atoms with Gasteiger partial charge in [0.1, 0.15) is 0 Å². The molecule has 1 heterocycles. The molecule has 0 saturated carbocycles. The number of aromatic nitrogens is 1. The van der Waals surface area contributed by atoms with Crippen molar-refractivity contribution in [3.63, 3.8) is 0 Å². The van der Waals surface area contributed by atoms with Crippen LogP contribution in [0.3, 0.4) is 0 Å². The predicted octanol–water partition coefficient (Wildman–Crippen LogP) is 0.988. The molecule has 0 bridgehead atoms. The Balaban J connectivity index is 2.32. The van der Waals surface area contributed by atoms with Crippen molar-refractivity contribution in [3.05, 3.63) is 30.1 Å². The van der Waals surface area contributed by atoms with E-state index in [-0.39, 0.29) is 6.04 Å². The Morgan fingerprint density at radius 2 is 2.15 bits per heavy atom. The molecule has 0 fully saturated rings. The molecular weight excluding hydrogens is 164 g/mol. The molecule has 72 valence electrons. The van der Waals surface area contributed by atoms with Crippen molar-refractivity contribution in [2.24, 2.45) is 5.73 Å². The van der Waals surface area contributed by atoms with Gasteiger partial charge in [-0.15, -0.1) is 0 Å². The lowest BCUT2D eigenvalue weighted by Gasteiger charge is -2.10. The van der Waals surface area contributed by atoms with E-state index in [1.54, 1.807) is 12.4 Å². The highest BCUT2D eigenvalue weighted by Gasteiger charge is 2.02. The number of nitrogens with zero attached hydrogens (tertiary/aromatic N) is 1. The Hall–Kier alpha value is -0.930. The Labute approximate surface area is 78.9 Å². The third-order valence-electron chi connectivity index (χ3n) is 1.78. The highest BCUT2D eigenvalue weighted by Crippen LogP contribution is 2.00.